The lowest BCUT2D eigenvalue weighted by Gasteiger charge is -2.13. The molecule has 0 heterocycles. The minimum absolute atomic E-state index is 0.144. The van der Waals surface area contributed by atoms with E-state index in [1.54, 1.807) is 0 Å². The van der Waals surface area contributed by atoms with E-state index in [2.05, 4.69) is 0 Å². The molecule has 1 amide bonds. The summed E-state index contributed by atoms with van der Waals surface area (Å²) in [6, 6.07) is 2.92. The Morgan fingerprint density at radius 2 is 1.95 bits per heavy atom. The van der Waals surface area contributed by atoms with Gasteiger partial charge in [0, 0.05) is 0 Å². The maximum atomic E-state index is 13.0. The number of hydrogen-bond donors (Lipinski definition) is 1. The Hall–Kier alpha value is -2.15. The molecule has 0 aliphatic heterocycles. The number of halogens is 4. The highest BCUT2D eigenvalue weighted by Gasteiger charge is 2.48. The summed E-state index contributed by atoms with van der Waals surface area (Å²) < 4.78 is 72.8. The summed E-state index contributed by atoms with van der Waals surface area (Å²) in [7, 11) is -5.83. The molecule has 0 unspecified atom stereocenters. The first-order valence-electron chi connectivity index (χ1n) is 4.87. The molecule has 0 fully saturated rings. The number of alkyl halides is 3. The zero-order chi connectivity index (χ0) is 15.6. The van der Waals surface area contributed by atoms with Crippen LogP contribution < -0.4 is 5.32 Å². The second-order valence-corrected chi connectivity index (χ2v) is 5.38. The van der Waals surface area contributed by atoms with Crippen molar-refractivity contribution in [1.29, 1.82) is 5.26 Å². The molecule has 0 aliphatic rings. The van der Waals surface area contributed by atoms with Gasteiger partial charge in [-0.25, -0.2) is 12.8 Å². The molecule has 1 aromatic rings. The first-order valence-corrected chi connectivity index (χ1v) is 6.35. The van der Waals surface area contributed by atoms with Crippen molar-refractivity contribution in [2.24, 2.45) is 0 Å². The van der Waals surface area contributed by atoms with E-state index < -0.39 is 44.1 Å². The molecule has 0 aliphatic carbocycles. The van der Waals surface area contributed by atoms with E-state index in [0.29, 0.717) is 12.1 Å². The molecule has 0 saturated carbocycles. The van der Waals surface area contributed by atoms with Crippen LogP contribution in [0, 0.1) is 17.1 Å². The van der Waals surface area contributed by atoms with Gasteiger partial charge in [-0.2, -0.15) is 18.4 Å². The standard InChI is InChI=1S/C10H6F4N2O3S/c11-6-1-2-7(16-9(17)3-4-15)8(5-6)20(18,19)10(12,13)14/h1-2,5H,3H2,(H,16,17). The van der Waals surface area contributed by atoms with E-state index in [1.807, 2.05) is 5.32 Å². The normalized spacial score (nSPS) is 11.8. The summed E-state index contributed by atoms with van der Waals surface area (Å²) in [4.78, 5) is 9.70. The second-order valence-electron chi connectivity index (χ2n) is 3.47. The number of rotatable bonds is 3. The predicted molar refractivity (Wildman–Crippen MR) is 58.5 cm³/mol. The van der Waals surface area contributed by atoms with Crippen LogP contribution in [0.3, 0.4) is 0 Å². The number of nitrogens with one attached hydrogen (secondary N) is 1. The van der Waals surface area contributed by atoms with Gasteiger partial charge < -0.3 is 5.32 Å². The number of carbonyl (C=O) groups is 1. The van der Waals surface area contributed by atoms with Gasteiger partial charge in [0.05, 0.1) is 11.8 Å². The highest BCUT2D eigenvalue weighted by molar-refractivity contribution is 7.92. The summed E-state index contributed by atoms with van der Waals surface area (Å²) >= 11 is 0. The van der Waals surface area contributed by atoms with Gasteiger partial charge in [-0.05, 0) is 18.2 Å². The number of carbonyl (C=O) groups excluding carboxylic acids is 1. The minimum Gasteiger partial charge on any atom is -0.324 e. The predicted octanol–water partition coefficient (Wildman–Crippen LogP) is 1.97. The molecular formula is C10H6F4N2O3S. The van der Waals surface area contributed by atoms with E-state index >= 15 is 0 Å². The number of hydrogen-bond acceptors (Lipinski definition) is 4. The van der Waals surface area contributed by atoms with E-state index in [4.69, 9.17) is 5.26 Å². The van der Waals surface area contributed by atoms with Crippen molar-refractivity contribution in [2.75, 3.05) is 5.32 Å². The fraction of sp³-hybridized carbons (Fsp3) is 0.200. The van der Waals surface area contributed by atoms with Crippen LogP contribution >= 0.6 is 0 Å². The molecule has 10 heteroatoms. The van der Waals surface area contributed by atoms with E-state index in [0.717, 1.165) is 0 Å². The molecule has 0 radical (unpaired) electrons. The molecule has 0 spiro atoms. The van der Waals surface area contributed by atoms with Crippen molar-refractivity contribution in [3.63, 3.8) is 0 Å². The van der Waals surface area contributed by atoms with Gasteiger partial charge in [-0.1, -0.05) is 0 Å². The van der Waals surface area contributed by atoms with Gasteiger partial charge in [-0.15, -0.1) is 0 Å². The lowest BCUT2D eigenvalue weighted by atomic mass is 10.3. The molecule has 1 N–H and O–H groups in total. The Morgan fingerprint density at radius 1 is 1.35 bits per heavy atom. The number of nitrogens with zero attached hydrogens (tertiary/aromatic N) is 1. The largest absolute Gasteiger partial charge is 0.501 e. The van der Waals surface area contributed by atoms with Crippen LogP contribution in [0.1, 0.15) is 6.42 Å². The maximum absolute atomic E-state index is 13.0. The smallest absolute Gasteiger partial charge is 0.324 e. The van der Waals surface area contributed by atoms with Gasteiger partial charge >= 0.3 is 5.51 Å². The van der Waals surface area contributed by atoms with Crippen LogP contribution in [-0.2, 0) is 14.6 Å². The topological polar surface area (TPSA) is 87.0 Å². The SMILES string of the molecule is N#CCC(=O)Nc1ccc(F)cc1S(=O)(=O)C(F)(F)F. The first-order chi connectivity index (χ1) is 9.09. The summed E-state index contributed by atoms with van der Waals surface area (Å²) in [5.74, 6) is -2.23. The zero-order valence-corrected chi connectivity index (χ0v) is 10.3. The Bertz CT molecular complexity index is 677. The molecule has 5 nitrogen and oxygen atoms in total. The molecule has 0 bridgehead atoms. The van der Waals surface area contributed by atoms with Crippen molar-refractivity contribution in [1.82, 2.24) is 0 Å². The quantitative estimate of drug-likeness (QED) is 0.865. The fourth-order valence-electron chi connectivity index (χ4n) is 1.21. The molecule has 1 rings (SSSR count). The Morgan fingerprint density at radius 3 is 2.45 bits per heavy atom. The highest BCUT2D eigenvalue weighted by atomic mass is 32.2. The van der Waals surface area contributed by atoms with Gasteiger partial charge in [0.25, 0.3) is 9.84 Å². The molecule has 0 aromatic heterocycles. The number of benzene rings is 1. The van der Waals surface area contributed by atoms with Crippen molar-refractivity contribution in [3.8, 4) is 6.07 Å². The average Bonchev–Trinajstić information content (AvgIpc) is 2.30. The number of sulfone groups is 1. The van der Waals surface area contributed by atoms with Crippen molar-refractivity contribution in [2.45, 2.75) is 16.8 Å². The fourth-order valence-corrected chi connectivity index (χ4v) is 2.14. The number of nitriles is 1. The van der Waals surface area contributed by atoms with E-state index in [9.17, 15) is 30.8 Å². The average molecular weight is 310 g/mol. The molecule has 108 valence electrons. The Kier molecular flexibility index (Phi) is 4.34. The van der Waals surface area contributed by atoms with Crippen LogP contribution in [-0.4, -0.2) is 19.8 Å². The number of amides is 1. The lowest BCUT2D eigenvalue weighted by molar-refractivity contribution is -0.115. The summed E-state index contributed by atoms with van der Waals surface area (Å²) in [6.07, 6.45) is -0.692. The lowest BCUT2D eigenvalue weighted by Crippen LogP contribution is -2.25. The monoisotopic (exact) mass is 310 g/mol. The molecule has 0 saturated heterocycles. The van der Waals surface area contributed by atoms with Gasteiger partial charge in [-0.3, -0.25) is 4.79 Å². The third-order valence-electron chi connectivity index (χ3n) is 2.05. The Balaban J connectivity index is 3.37. The van der Waals surface area contributed by atoms with Gasteiger partial charge in [0.15, 0.2) is 0 Å². The second kappa shape index (κ2) is 5.46. The molecule has 1 aromatic carbocycles. The molecule has 0 atom stereocenters. The van der Waals surface area contributed by atoms with E-state index in [1.165, 1.54) is 6.07 Å². The van der Waals surface area contributed by atoms with Crippen molar-refractivity contribution in [3.05, 3.63) is 24.0 Å². The third-order valence-corrected chi connectivity index (χ3v) is 3.58. The van der Waals surface area contributed by atoms with Crippen LogP contribution in [0.15, 0.2) is 23.1 Å². The number of anilines is 1. The van der Waals surface area contributed by atoms with Crippen LogP contribution in [0.2, 0.25) is 0 Å². The summed E-state index contributed by atoms with van der Waals surface area (Å²) in [6.45, 7) is 0. The van der Waals surface area contributed by atoms with Crippen LogP contribution in [0.4, 0.5) is 23.2 Å². The van der Waals surface area contributed by atoms with Gasteiger partial charge in [0.2, 0.25) is 5.91 Å². The van der Waals surface area contributed by atoms with Crippen LogP contribution in [0.25, 0.3) is 0 Å². The highest BCUT2D eigenvalue weighted by Crippen LogP contribution is 2.34. The van der Waals surface area contributed by atoms with Gasteiger partial charge in [0.1, 0.15) is 17.1 Å². The zero-order valence-electron chi connectivity index (χ0n) is 9.53. The molecule has 20 heavy (non-hydrogen) atoms. The van der Waals surface area contributed by atoms with Crippen LogP contribution in [0.5, 0.6) is 0 Å². The maximum Gasteiger partial charge on any atom is 0.501 e. The minimum atomic E-state index is -5.83. The summed E-state index contributed by atoms with van der Waals surface area (Å²) in [5, 5.41) is 10.1. The van der Waals surface area contributed by atoms with Crippen molar-refractivity contribution >= 4 is 21.4 Å². The summed E-state index contributed by atoms with van der Waals surface area (Å²) in [5.41, 5.74) is -6.39. The first kappa shape index (κ1) is 15.9. The van der Waals surface area contributed by atoms with E-state index in [-0.39, 0.29) is 6.07 Å². The molecular weight excluding hydrogens is 304 g/mol. The Labute approximate surface area is 110 Å². The third kappa shape index (κ3) is 3.24. The van der Waals surface area contributed by atoms with Crippen molar-refractivity contribution < 1.29 is 30.8 Å².